The van der Waals surface area contributed by atoms with Gasteiger partial charge in [-0.05, 0) is 61.2 Å². The van der Waals surface area contributed by atoms with E-state index in [4.69, 9.17) is 9.26 Å². The third-order valence-electron chi connectivity index (χ3n) is 5.53. The first-order chi connectivity index (χ1) is 14.2. The van der Waals surface area contributed by atoms with Crippen LogP contribution in [0.15, 0.2) is 53.1 Å². The van der Waals surface area contributed by atoms with Crippen LogP contribution in [0.5, 0.6) is 5.75 Å². The molecular weight excluding hydrogens is 366 g/mol. The third kappa shape index (κ3) is 4.16. The van der Waals surface area contributed by atoms with Crippen molar-refractivity contribution in [2.24, 2.45) is 0 Å². The van der Waals surface area contributed by atoms with Crippen molar-refractivity contribution in [1.82, 2.24) is 15.0 Å². The molecule has 1 fully saturated rings. The maximum absolute atomic E-state index is 12.7. The Hall–Kier alpha value is -3.15. The van der Waals surface area contributed by atoms with Gasteiger partial charge in [0.15, 0.2) is 0 Å². The van der Waals surface area contributed by atoms with E-state index in [2.05, 4.69) is 17.1 Å². The number of hydrogen-bond donors (Lipinski definition) is 0. The van der Waals surface area contributed by atoms with Crippen LogP contribution in [0.1, 0.15) is 47.5 Å². The van der Waals surface area contributed by atoms with E-state index in [0.29, 0.717) is 24.8 Å². The van der Waals surface area contributed by atoms with E-state index >= 15 is 0 Å². The van der Waals surface area contributed by atoms with Crippen molar-refractivity contribution < 1.29 is 14.1 Å². The average Bonchev–Trinajstić information content (AvgIpc) is 3.29. The monoisotopic (exact) mass is 391 g/mol. The van der Waals surface area contributed by atoms with Crippen LogP contribution in [-0.2, 0) is 6.42 Å². The standard InChI is InChI=1S/C23H25N3O3/c1-3-16-4-6-19(7-5-16)23(27)26-14-12-18(13-15-26)22-24-21(25-29-22)17-8-10-20(28-2)11-9-17/h4-11,18H,3,12-15H2,1-2H3. The quantitative estimate of drug-likeness (QED) is 0.648. The van der Waals surface area contributed by atoms with Crippen LogP contribution in [0.25, 0.3) is 11.4 Å². The predicted octanol–water partition coefficient (Wildman–Crippen LogP) is 4.33. The van der Waals surface area contributed by atoms with Crippen molar-refractivity contribution in [2.45, 2.75) is 32.1 Å². The molecule has 0 unspecified atom stereocenters. The molecule has 6 heteroatoms. The van der Waals surface area contributed by atoms with Gasteiger partial charge in [-0.3, -0.25) is 4.79 Å². The summed E-state index contributed by atoms with van der Waals surface area (Å²) in [6.45, 7) is 3.50. The summed E-state index contributed by atoms with van der Waals surface area (Å²) in [4.78, 5) is 19.2. The summed E-state index contributed by atoms with van der Waals surface area (Å²) >= 11 is 0. The minimum Gasteiger partial charge on any atom is -0.497 e. The topological polar surface area (TPSA) is 68.5 Å². The smallest absolute Gasteiger partial charge is 0.253 e. The summed E-state index contributed by atoms with van der Waals surface area (Å²) in [7, 11) is 1.64. The number of hydrogen-bond acceptors (Lipinski definition) is 5. The molecule has 2 heterocycles. The predicted molar refractivity (Wildman–Crippen MR) is 110 cm³/mol. The van der Waals surface area contributed by atoms with Gasteiger partial charge in [-0.15, -0.1) is 0 Å². The maximum atomic E-state index is 12.7. The van der Waals surface area contributed by atoms with Crippen molar-refractivity contribution in [3.05, 3.63) is 65.5 Å². The number of methoxy groups -OCH3 is 1. The summed E-state index contributed by atoms with van der Waals surface area (Å²) < 4.78 is 10.7. The molecular formula is C23H25N3O3. The van der Waals surface area contributed by atoms with Crippen LogP contribution in [0.2, 0.25) is 0 Å². The van der Waals surface area contributed by atoms with Gasteiger partial charge in [0.1, 0.15) is 5.75 Å². The van der Waals surface area contributed by atoms with Gasteiger partial charge in [-0.2, -0.15) is 4.98 Å². The molecule has 0 bridgehead atoms. The van der Waals surface area contributed by atoms with E-state index in [0.717, 1.165) is 36.1 Å². The minimum absolute atomic E-state index is 0.0931. The van der Waals surface area contributed by atoms with E-state index < -0.39 is 0 Å². The van der Waals surface area contributed by atoms with Gasteiger partial charge in [0.2, 0.25) is 11.7 Å². The molecule has 150 valence electrons. The highest BCUT2D eigenvalue weighted by Crippen LogP contribution is 2.29. The highest BCUT2D eigenvalue weighted by Gasteiger charge is 2.28. The number of likely N-dealkylation sites (tertiary alicyclic amines) is 1. The summed E-state index contributed by atoms with van der Waals surface area (Å²) in [5.74, 6) is 2.29. The molecule has 4 rings (SSSR count). The third-order valence-corrected chi connectivity index (χ3v) is 5.53. The molecule has 0 atom stereocenters. The minimum atomic E-state index is 0.0931. The molecule has 0 radical (unpaired) electrons. The van der Waals surface area contributed by atoms with Gasteiger partial charge >= 0.3 is 0 Å². The lowest BCUT2D eigenvalue weighted by Gasteiger charge is -2.30. The van der Waals surface area contributed by atoms with Crippen molar-refractivity contribution in [3.63, 3.8) is 0 Å². The summed E-state index contributed by atoms with van der Waals surface area (Å²) in [5.41, 5.74) is 2.88. The lowest BCUT2D eigenvalue weighted by Crippen LogP contribution is -2.38. The van der Waals surface area contributed by atoms with Crippen LogP contribution in [0.3, 0.4) is 0 Å². The Labute approximate surface area is 170 Å². The fourth-order valence-corrected chi connectivity index (χ4v) is 3.65. The van der Waals surface area contributed by atoms with Crippen molar-refractivity contribution in [2.75, 3.05) is 20.2 Å². The second-order valence-electron chi connectivity index (χ2n) is 7.30. The summed E-state index contributed by atoms with van der Waals surface area (Å²) in [6, 6.07) is 15.5. The Kier molecular flexibility index (Phi) is 5.60. The number of ether oxygens (including phenoxy) is 1. The summed E-state index contributed by atoms with van der Waals surface area (Å²) in [6.07, 6.45) is 2.62. The number of aromatic nitrogens is 2. The molecule has 6 nitrogen and oxygen atoms in total. The van der Waals surface area contributed by atoms with Crippen LogP contribution < -0.4 is 4.74 Å². The van der Waals surface area contributed by atoms with Crippen molar-refractivity contribution >= 4 is 5.91 Å². The molecule has 0 spiro atoms. The molecule has 0 saturated carbocycles. The number of carbonyl (C=O) groups is 1. The molecule has 1 aromatic heterocycles. The van der Waals surface area contributed by atoms with Crippen LogP contribution >= 0.6 is 0 Å². The molecule has 1 saturated heterocycles. The maximum Gasteiger partial charge on any atom is 0.253 e. The SMILES string of the molecule is CCc1ccc(C(=O)N2CCC(c3nc(-c4ccc(OC)cc4)no3)CC2)cc1. The number of nitrogens with zero attached hydrogens (tertiary/aromatic N) is 3. The van der Waals surface area contributed by atoms with Gasteiger partial charge < -0.3 is 14.2 Å². The number of rotatable bonds is 5. The molecule has 29 heavy (non-hydrogen) atoms. The lowest BCUT2D eigenvalue weighted by atomic mass is 9.96. The zero-order valence-electron chi connectivity index (χ0n) is 16.8. The number of aryl methyl sites for hydroxylation is 1. The fourth-order valence-electron chi connectivity index (χ4n) is 3.65. The fraction of sp³-hybridized carbons (Fsp3) is 0.348. The first-order valence-electron chi connectivity index (χ1n) is 10.0. The van der Waals surface area contributed by atoms with Crippen LogP contribution in [0.4, 0.5) is 0 Å². The molecule has 0 N–H and O–H groups in total. The highest BCUT2D eigenvalue weighted by atomic mass is 16.5. The molecule has 2 aromatic carbocycles. The first-order valence-corrected chi connectivity index (χ1v) is 10.0. The van der Waals surface area contributed by atoms with Gasteiger partial charge in [-0.1, -0.05) is 24.2 Å². The zero-order chi connectivity index (χ0) is 20.2. The van der Waals surface area contributed by atoms with Gasteiger partial charge in [0.25, 0.3) is 5.91 Å². The molecule has 3 aromatic rings. The van der Waals surface area contributed by atoms with Gasteiger partial charge in [-0.25, -0.2) is 0 Å². The van der Waals surface area contributed by atoms with E-state index in [1.54, 1.807) is 7.11 Å². The Morgan fingerprint density at radius 2 is 1.79 bits per heavy atom. The lowest BCUT2D eigenvalue weighted by molar-refractivity contribution is 0.0704. The van der Waals surface area contributed by atoms with Crippen molar-refractivity contribution in [3.8, 4) is 17.1 Å². The number of piperidine rings is 1. The Bertz CT molecular complexity index is 956. The van der Waals surface area contributed by atoms with Crippen molar-refractivity contribution in [1.29, 1.82) is 0 Å². The Morgan fingerprint density at radius 1 is 1.10 bits per heavy atom. The Balaban J connectivity index is 1.38. The average molecular weight is 391 g/mol. The van der Waals surface area contributed by atoms with E-state index in [9.17, 15) is 4.79 Å². The molecule has 1 aliphatic heterocycles. The molecule has 0 aliphatic carbocycles. The number of amides is 1. The second kappa shape index (κ2) is 8.47. The van der Waals surface area contributed by atoms with E-state index in [-0.39, 0.29) is 11.8 Å². The van der Waals surface area contributed by atoms with Crippen LogP contribution in [-0.4, -0.2) is 41.1 Å². The number of benzene rings is 2. The summed E-state index contributed by atoms with van der Waals surface area (Å²) in [5, 5.41) is 4.13. The van der Waals surface area contributed by atoms with E-state index in [1.165, 1.54) is 5.56 Å². The van der Waals surface area contributed by atoms with Gasteiger partial charge in [0, 0.05) is 30.1 Å². The van der Waals surface area contributed by atoms with Gasteiger partial charge in [0.05, 0.1) is 7.11 Å². The highest BCUT2D eigenvalue weighted by molar-refractivity contribution is 5.94. The van der Waals surface area contributed by atoms with E-state index in [1.807, 2.05) is 53.4 Å². The molecule has 1 aliphatic rings. The normalized spacial score (nSPS) is 14.8. The molecule has 1 amide bonds. The number of carbonyl (C=O) groups excluding carboxylic acids is 1. The zero-order valence-corrected chi connectivity index (χ0v) is 16.8. The second-order valence-corrected chi connectivity index (χ2v) is 7.30. The largest absolute Gasteiger partial charge is 0.497 e. The first kappa shape index (κ1) is 19.2. The van der Waals surface area contributed by atoms with Crippen LogP contribution in [0, 0.1) is 0 Å². The Morgan fingerprint density at radius 3 is 2.41 bits per heavy atom.